The Morgan fingerprint density at radius 3 is 2.31 bits per heavy atom. The highest BCUT2D eigenvalue weighted by atomic mass is 127. The lowest BCUT2D eigenvalue weighted by Gasteiger charge is -2.12. The molecule has 5 rings (SSSR count). The van der Waals surface area contributed by atoms with Gasteiger partial charge in [-0.25, -0.2) is 15.2 Å². The summed E-state index contributed by atoms with van der Waals surface area (Å²) in [5.74, 6) is 0.0949. The molecule has 5 aromatic rings. The number of hydrogen-bond donors (Lipinski definition) is 1. The van der Waals surface area contributed by atoms with Gasteiger partial charge in [0.25, 0.3) is 5.91 Å². The van der Waals surface area contributed by atoms with E-state index in [-0.39, 0.29) is 11.9 Å². The highest BCUT2D eigenvalue weighted by Gasteiger charge is 2.14. The summed E-state index contributed by atoms with van der Waals surface area (Å²) >= 11 is 4.45. The molecule has 0 saturated carbocycles. The largest absolute Gasteiger partial charge is 0.487 e. The van der Waals surface area contributed by atoms with E-state index in [1.54, 1.807) is 31.3 Å². The Balaban J connectivity index is 1.27. The molecular formula is C33H25I2N3O4. The quantitative estimate of drug-likeness (QED) is 0.0720. The van der Waals surface area contributed by atoms with Gasteiger partial charge in [0.2, 0.25) is 0 Å². The van der Waals surface area contributed by atoms with Crippen molar-refractivity contribution in [3.63, 3.8) is 0 Å². The van der Waals surface area contributed by atoms with E-state index in [0.29, 0.717) is 24.3 Å². The third kappa shape index (κ3) is 7.13. The third-order valence-electron chi connectivity index (χ3n) is 6.28. The van der Waals surface area contributed by atoms with Crippen LogP contribution in [-0.2, 0) is 11.3 Å². The summed E-state index contributed by atoms with van der Waals surface area (Å²) in [5.41, 5.74) is 7.82. The number of pyridine rings is 1. The maximum atomic E-state index is 13.2. The van der Waals surface area contributed by atoms with Crippen molar-refractivity contribution in [2.45, 2.75) is 13.5 Å². The van der Waals surface area contributed by atoms with Crippen LogP contribution >= 0.6 is 45.2 Å². The second-order valence-corrected chi connectivity index (χ2v) is 11.5. The molecule has 0 saturated heterocycles. The normalized spacial score (nSPS) is 11.0. The SMILES string of the molecule is CCOC(=O)c1ccc(COc2c(I)cc(/C=N\NC(=O)c3cc(-c4ccccc4)nc4ccccc34)cc2I)cc1. The van der Waals surface area contributed by atoms with Gasteiger partial charge in [0.15, 0.2) is 0 Å². The minimum atomic E-state index is -0.339. The number of nitrogens with zero attached hydrogens (tertiary/aromatic N) is 2. The van der Waals surface area contributed by atoms with Crippen LogP contribution in [0.5, 0.6) is 5.75 Å². The molecule has 1 heterocycles. The Kier molecular flexibility index (Phi) is 9.80. The molecule has 210 valence electrons. The molecule has 1 aromatic heterocycles. The molecule has 0 aliphatic heterocycles. The van der Waals surface area contributed by atoms with Gasteiger partial charge in [0, 0.05) is 10.9 Å². The second-order valence-electron chi connectivity index (χ2n) is 9.16. The number of benzene rings is 4. The van der Waals surface area contributed by atoms with Crippen LogP contribution in [-0.4, -0.2) is 29.7 Å². The predicted molar refractivity (Wildman–Crippen MR) is 181 cm³/mol. The van der Waals surface area contributed by atoms with Gasteiger partial charge >= 0.3 is 5.97 Å². The van der Waals surface area contributed by atoms with Gasteiger partial charge in [-0.05, 0) is 99.6 Å². The topological polar surface area (TPSA) is 89.9 Å². The summed E-state index contributed by atoms with van der Waals surface area (Å²) < 4.78 is 12.9. The van der Waals surface area contributed by atoms with Crippen molar-refractivity contribution in [3.05, 3.63) is 126 Å². The van der Waals surface area contributed by atoms with Gasteiger partial charge in [-0.15, -0.1) is 0 Å². The number of aromatic nitrogens is 1. The number of nitrogens with one attached hydrogen (secondary N) is 1. The van der Waals surface area contributed by atoms with Crippen molar-refractivity contribution in [3.8, 4) is 17.0 Å². The highest BCUT2D eigenvalue weighted by molar-refractivity contribution is 14.1. The van der Waals surface area contributed by atoms with Crippen LogP contribution in [0.4, 0.5) is 0 Å². The molecule has 9 heteroatoms. The first-order chi connectivity index (χ1) is 20.4. The Labute approximate surface area is 270 Å². The molecule has 0 aliphatic rings. The molecule has 42 heavy (non-hydrogen) atoms. The smallest absolute Gasteiger partial charge is 0.338 e. The summed E-state index contributed by atoms with van der Waals surface area (Å²) in [4.78, 5) is 29.8. The third-order valence-corrected chi connectivity index (χ3v) is 7.88. The van der Waals surface area contributed by atoms with Crippen LogP contribution in [0.25, 0.3) is 22.2 Å². The van der Waals surface area contributed by atoms with Crippen LogP contribution in [0.3, 0.4) is 0 Å². The average Bonchev–Trinajstić information content (AvgIpc) is 3.01. The van der Waals surface area contributed by atoms with Crippen LogP contribution in [0.2, 0.25) is 0 Å². The van der Waals surface area contributed by atoms with E-state index in [0.717, 1.165) is 46.2 Å². The molecule has 0 bridgehead atoms. The zero-order valence-corrected chi connectivity index (χ0v) is 26.8. The van der Waals surface area contributed by atoms with E-state index in [1.165, 1.54) is 0 Å². The van der Waals surface area contributed by atoms with Gasteiger partial charge in [-0.3, -0.25) is 4.79 Å². The van der Waals surface area contributed by atoms with Crippen molar-refractivity contribution in [2.24, 2.45) is 5.10 Å². The first-order valence-corrected chi connectivity index (χ1v) is 15.2. The monoisotopic (exact) mass is 781 g/mol. The molecule has 0 fully saturated rings. The van der Waals surface area contributed by atoms with Crippen molar-refractivity contribution in [1.82, 2.24) is 10.4 Å². The number of rotatable bonds is 9. The molecular weight excluding hydrogens is 756 g/mol. The zero-order valence-electron chi connectivity index (χ0n) is 22.5. The summed E-state index contributed by atoms with van der Waals surface area (Å²) in [6.07, 6.45) is 1.61. The van der Waals surface area contributed by atoms with Crippen LogP contribution < -0.4 is 10.2 Å². The van der Waals surface area contributed by atoms with E-state index in [4.69, 9.17) is 14.5 Å². The van der Waals surface area contributed by atoms with E-state index in [9.17, 15) is 9.59 Å². The lowest BCUT2D eigenvalue weighted by Crippen LogP contribution is -2.18. The lowest BCUT2D eigenvalue weighted by atomic mass is 10.0. The zero-order chi connectivity index (χ0) is 29.5. The van der Waals surface area contributed by atoms with Crippen molar-refractivity contribution >= 4 is 74.2 Å². The van der Waals surface area contributed by atoms with Crippen molar-refractivity contribution < 1.29 is 19.1 Å². The maximum Gasteiger partial charge on any atom is 0.338 e. The van der Waals surface area contributed by atoms with Gasteiger partial charge < -0.3 is 9.47 Å². The summed E-state index contributed by atoms with van der Waals surface area (Å²) in [6.45, 7) is 2.47. The fraction of sp³-hybridized carbons (Fsp3) is 0.0909. The number of fused-ring (bicyclic) bond motifs is 1. The van der Waals surface area contributed by atoms with Gasteiger partial charge in [-0.1, -0.05) is 60.7 Å². The first-order valence-electron chi connectivity index (χ1n) is 13.1. The Bertz CT molecular complexity index is 1750. The second kappa shape index (κ2) is 13.9. The molecule has 4 aromatic carbocycles. The van der Waals surface area contributed by atoms with Gasteiger partial charge in [-0.2, -0.15) is 5.10 Å². The average molecular weight is 781 g/mol. The number of carbonyl (C=O) groups is 2. The molecule has 1 amide bonds. The molecule has 0 spiro atoms. The number of carbonyl (C=O) groups excluding carboxylic acids is 2. The first kappa shape index (κ1) is 29.6. The summed E-state index contributed by atoms with van der Waals surface area (Å²) in [5, 5.41) is 4.99. The van der Waals surface area contributed by atoms with Crippen LogP contribution in [0.15, 0.2) is 102 Å². The number of ether oxygens (including phenoxy) is 2. The molecule has 0 radical (unpaired) electrons. The number of hydrazone groups is 1. The predicted octanol–water partition coefficient (Wildman–Crippen LogP) is 7.63. The van der Waals surface area contributed by atoms with Crippen molar-refractivity contribution in [1.29, 1.82) is 0 Å². The van der Waals surface area contributed by atoms with Crippen molar-refractivity contribution in [2.75, 3.05) is 6.61 Å². The van der Waals surface area contributed by atoms with Gasteiger partial charge in [0.1, 0.15) is 12.4 Å². The lowest BCUT2D eigenvalue weighted by molar-refractivity contribution is 0.0526. The summed E-state index contributed by atoms with van der Waals surface area (Å²) in [6, 6.07) is 30.2. The molecule has 0 atom stereocenters. The molecule has 0 unspecified atom stereocenters. The number of amides is 1. The molecule has 7 nitrogen and oxygen atoms in total. The van der Waals surface area contributed by atoms with Crippen LogP contribution in [0, 0.1) is 7.14 Å². The fourth-order valence-electron chi connectivity index (χ4n) is 4.24. The number of esters is 1. The highest BCUT2D eigenvalue weighted by Crippen LogP contribution is 2.29. The number of halogens is 2. The van der Waals surface area contributed by atoms with Gasteiger partial charge in [0.05, 0.1) is 42.3 Å². The Morgan fingerprint density at radius 1 is 0.905 bits per heavy atom. The number of hydrogen-bond acceptors (Lipinski definition) is 6. The van der Waals surface area contributed by atoms with E-state index in [2.05, 4.69) is 55.7 Å². The fourth-order valence-corrected chi connectivity index (χ4v) is 6.37. The van der Waals surface area contributed by atoms with E-state index in [1.807, 2.05) is 78.9 Å². The van der Waals surface area contributed by atoms with E-state index < -0.39 is 0 Å². The minimum absolute atomic E-state index is 0.319. The Morgan fingerprint density at radius 2 is 1.60 bits per heavy atom. The van der Waals surface area contributed by atoms with Crippen LogP contribution in [0.1, 0.15) is 38.8 Å². The maximum absolute atomic E-state index is 13.2. The molecule has 0 aliphatic carbocycles. The molecule has 1 N–H and O–H groups in total. The summed E-state index contributed by atoms with van der Waals surface area (Å²) in [7, 11) is 0. The minimum Gasteiger partial charge on any atom is -0.487 e. The Hall–Kier alpha value is -3.84. The van der Waals surface area contributed by atoms with E-state index >= 15 is 0 Å². The standard InChI is InChI=1S/C33H25I2N3O4/c1-2-41-33(40)24-14-12-21(13-15-24)20-42-31-27(34)16-22(17-28(31)35)19-36-38-32(39)26-18-30(23-8-4-3-5-9-23)37-29-11-7-6-10-25(26)29/h3-19H,2,20H2,1H3,(H,38,39)/b36-19-. The number of para-hydroxylation sites is 1.